The topological polar surface area (TPSA) is 80.0 Å². The number of carboxylic acids is 1. The first-order valence-corrected chi connectivity index (χ1v) is 5.66. The molecule has 0 radical (unpaired) electrons. The van der Waals surface area contributed by atoms with Gasteiger partial charge >= 0.3 is 5.97 Å². The van der Waals surface area contributed by atoms with Crippen LogP contribution in [0, 0.1) is 0 Å². The van der Waals surface area contributed by atoms with Gasteiger partial charge in [-0.2, -0.15) is 5.10 Å². The molecule has 0 aliphatic carbocycles. The van der Waals surface area contributed by atoms with Crippen LogP contribution in [0.15, 0.2) is 18.3 Å². The number of anilines is 1. The second kappa shape index (κ2) is 4.26. The van der Waals surface area contributed by atoms with Gasteiger partial charge in [0.25, 0.3) is 0 Å². The van der Waals surface area contributed by atoms with E-state index in [2.05, 4.69) is 15.0 Å². The lowest BCUT2D eigenvalue weighted by Crippen LogP contribution is -2.36. The molecule has 0 spiro atoms. The van der Waals surface area contributed by atoms with E-state index >= 15 is 0 Å². The Bertz CT molecular complexity index is 589. The van der Waals surface area contributed by atoms with Crippen molar-refractivity contribution in [3.8, 4) is 0 Å². The van der Waals surface area contributed by atoms with Crippen LogP contribution in [-0.4, -0.2) is 52.0 Å². The van der Waals surface area contributed by atoms with E-state index in [-0.39, 0.29) is 5.69 Å². The van der Waals surface area contributed by atoms with E-state index in [9.17, 15) is 4.79 Å². The fraction of sp³-hybridized carbons (Fsp3) is 0.364. The van der Waals surface area contributed by atoms with E-state index in [1.54, 1.807) is 6.20 Å². The monoisotopic (exact) mass is 248 g/mol. The Morgan fingerprint density at radius 2 is 2.17 bits per heavy atom. The van der Waals surface area contributed by atoms with Crippen molar-refractivity contribution in [1.82, 2.24) is 14.6 Å². The summed E-state index contributed by atoms with van der Waals surface area (Å²) in [5.41, 5.74) is 0.540. The van der Waals surface area contributed by atoms with Crippen molar-refractivity contribution in [1.29, 1.82) is 0 Å². The Morgan fingerprint density at radius 3 is 2.89 bits per heavy atom. The Labute approximate surface area is 103 Å². The van der Waals surface area contributed by atoms with E-state index in [0.717, 1.165) is 18.9 Å². The summed E-state index contributed by atoms with van der Waals surface area (Å²) < 4.78 is 6.75. The molecular formula is C11H12N4O3. The van der Waals surface area contributed by atoms with Gasteiger partial charge in [0.2, 0.25) is 0 Å². The quantitative estimate of drug-likeness (QED) is 0.821. The van der Waals surface area contributed by atoms with Crippen LogP contribution in [0.5, 0.6) is 0 Å². The molecule has 2 aromatic heterocycles. The molecule has 18 heavy (non-hydrogen) atoms. The Kier molecular flexibility index (Phi) is 2.60. The van der Waals surface area contributed by atoms with Crippen LogP contribution in [0.4, 0.5) is 5.82 Å². The lowest BCUT2D eigenvalue weighted by molar-refractivity contribution is 0.0690. The van der Waals surface area contributed by atoms with Crippen LogP contribution in [-0.2, 0) is 4.74 Å². The number of aromatic carboxylic acids is 1. The molecule has 3 rings (SSSR count). The number of aromatic nitrogens is 3. The van der Waals surface area contributed by atoms with E-state index in [1.165, 1.54) is 10.6 Å². The molecule has 7 nitrogen and oxygen atoms in total. The van der Waals surface area contributed by atoms with Gasteiger partial charge in [-0.25, -0.2) is 14.3 Å². The summed E-state index contributed by atoms with van der Waals surface area (Å²) in [6.07, 6.45) is 1.72. The minimum Gasteiger partial charge on any atom is -0.476 e. The minimum atomic E-state index is -1.05. The molecule has 94 valence electrons. The normalized spacial score (nSPS) is 16.1. The summed E-state index contributed by atoms with van der Waals surface area (Å²) in [5.74, 6) is -0.226. The summed E-state index contributed by atoms with van der Waals surface area (Å²) in [6.45, 7) is 2.96. The maximum absolute atomic E-state index is 10.8. The molecule has 1 N–H and O–H groups in total. The molecular weight excluding hydrogens is 236 g/mol. The second-order valence-corrected chi connectivity index (χ2v) is 4.02. The molecule has 1 aliphatic rings. The lowest BCUT2D eigenvalue weighted by atomic mass is 10.4. The molecule has 0 unspecified atom stereocenters. The van der Waals surface area contributed by atoms with Crippen LogP contribution < -0.4 is 4.90 Å². The molecule has 0 bridgehead atoms. The third-order valence-electron chi connectivity index (χ3n) is 2.86. The van der Waals surface area contributed by atoms with Gasteiger partial charge in [-0.3, -0.25) is 0 Å². The van der Waals surface area contributed by atoms with Gasteiger partial charge in [0.15, 0.2) is 11.3 Å². The van der Waals surface area contributed by atoms with Crippen LogP contribution in [0.3, 0.4) is 0 Å². The summed E-state index contributed by atoms with van der Waals surface area (Å²) in [7, 11) is 0. The fourth-order valence-corrected chi connectivity index (χ4v) is 1.94. The smallest absolute Gasteiger partial charge is 0.356 e. The average molecular weight is 248 g/mol. The maximum atomic E-state index is 10.8. The molecule has 7 heteroatoms. The minimum absolute atomic E-state index is 0.00151. The zero-order valence-electron chi connectivity index (χ0n) is 9.61. The van der Waals surface area contributed by atoms with Crippen LogP contribution in [0.2, 0.25) is 0 Å². The van der Waals surface area contributed by atoms with Crippen LogP contribution >= 0.6 is 0 Å². The lowest BCUT2D eigenvalue weighted by Gasteiger charge is -2.27. The summed E-state index contributed by atoms with van der Waals surface area (Å²) in [4.78, 5) is 17.3. The average Bonchev–Trinajstić information content (AvgIpc) is 2.82. The number of rotatable bonds is 2. The predicted molar refractivity (Wildman–Crippen MR) is 63.0 cm³/mol. The van der Waals surface area contributed by atoms with E-state index in [1.807, 2.05) is 6.07 Å². The van der Waals surface area contributed by atoms with Gasteiger partial charge < -0.3 is 14.7 Å². The van der Waals surface area contributed by atoms with Crippen molar-refractivity contribution in [2.75, 3.05) is 31.2 Å². The zero-order valence-corrected chi connectivity index (χ0v) is 9.61. The van der Waals surface area contributed by atoms with Gasteiger partial charge in [-0.1, -0.05) is 0 Å². The molecule has 3 heterocycles. The molecule has 0 atom stereocenters. The van der Waals surface area contributed by atoms with E-state index in [0.29, 0.717) is 18.9 Å². The molecule has 0 aromatic carbocycles. The number of carbonyl (C=O) groups is 1. The molecule has 0 amide bonds. The summed E-state index contributed by atoms with van der Waals surface area (Å²) >= 11 is 0. The van der Waals surface area contributed by atoms with Crippen LogP contribution in [0.1, 0.15) is 10.5 Å². The maximum Gasteiger partial charge on any atom is 0.356 e. The number of fused-ring (bicyclic) bond motifs is 1. The summed E-state index contributed by atoms with van der Waals surface area (Å²) in [5, 5.41) is 12.8. The highest BCUT2D eigenvalue weighted by Gasteiger charge is 2.14. The Morgan fingerprint density at radius 1 is 1.39 bits per heavy atom. The van der Waals surface area contributed by atoms with Crippen molar-refractivity contribution in [2.45, 2.75) is 0 Å². The van der Waals surface area contributed by atoms with Crippen molar-refractivity contribution < 1.29 is 14.6 Å². The number of hydrogen-bond acceptors (Lipinski definition) is 5. The number of nitrogens with zero attached hydrogens (tertiary/aromatic N) is 4. The van der Waals surface area contributed by atoms with Crippen molar-refractivity contribution >= 4 is 17.4 Å². The van der Waals surface area contributed by atoms with Gasteiger partial charge in [-0.15, -0.1) is 0 Å². The number of hydrogen-bond donors (Lipinski definition) is 1. The van der Waals surface area contributed by atoms with Crippen LogP contribution in [0.25, 0.3) is 5.65 Å². The molecule has 1 fully saturated rings. The highest BCUT2D eigenvalue weighted by Crippen LogP contribution is 2.14. The first-order chi connectivity index (χ1) is 8.74. The molecule has 2 aromatic rings. The van der Waals surface area contributed by atoms with Gasteiger partial charge in [0.05, 0.1) is 13.2 Å². The second-order valence-electron chi connectivity index (χ2n) is 4.02. The first kappa shape index (κ1) is 11.0. The summed E-state index contributed by atoms with van der Waals surface area (Å²) in [6, 6.07) is 3.29. The Hall–Kier alpha value is -2.15. The van der Waals surface area contributed by atoms with Crippen molar-refractivity contribution in [2.24, 2.45) is 0 Å². The number of carboxylic acid groups (broad SMARTS) is 1. The molecule has 1 aliphatic heterocycles. The highest BCUT2D eigenvalue weighted by atomic mass is 16.5. The number of morpholine rings is 1. The molecule has 0 saturated carbocycles. The van der Waals surface area contributed by atoms with Crippen molar-refractivity contribution in [3.05, 3.63) is 24.0 Å². The third-order valence-corrected chi connectivity index (χ3v) is 2.86. The zero-order chi connectivity index (χ0) is 12.5. The SMILES string of the molecule is O=C(O)c1cc2nc(N3CCOCC3)ccn2n1. The first-order valence-electron chi connectivity index (χ1n) is 5.66. The fourth-order valence-electron chi connectivity index (χ4n) is 1.94. The largest absolute Gasteiger partial charge is 0.476 e. The standard InChI is InChI=1S/C11H12N4O3/c16-11(17)8-7-10-12-9(1-2-15(10)13-8)14-3-5-18-6-4-14/h1-2,7H,3-6H2,(H,16,17). The highest BCUT2D eigenvalue weighted by molar-refractivity contribution is 5.86. The number of ether oxygens (including phenoxy) is 1. The Balaban J connectivity index is 1.96. The van der Waals surface area contributed by atoms with E-state index in [4.69, 9.17) is 9.84 Å². The van der Waals surface area contributed by atoms with E-state index < -0.39 is 5.97 Å². The van der Waals surface area contributed by atoms with Gasteiger partial charge in [0, 0.05) is 25.4 Å². The third kappa shape index (κ3) is 1.88. The molecule has 1 saturated heterocycles. The van der Waals surface area contributed by atoms with Gasteiger partial charge in [-0.05, 0) is 6.07 Å². The van der Waals surface area contributed by atoms with Gasteiger partial charge in [0.1, 0.15) is 5.82 Å². The van der Waals surface area contributed by atoms with Crippen molar-refractivity contribution in [3.63, 3.8) is 0 Å². The predicted octanol–water partition coefficient (Wildman–Crippen LogP) is 0.264.